The van der Waals surface area contributed by atoms with Gasteiger partial charge in [0.1, 0.15) is 0 Å². The van der Waals surface area contributed by atoms with Gasteiger partial charge in [0.2, 0.25) is 5.95 Å². The minimum absolute atomic E-state index is 0.219. The average Bonchev–Trinajstić information content (AvgIpc) is 2.44. The molecule has 1 unspecified atom stereocenters. The van der Waals surface area contributed by atoms with E-state index in [1.165, 1.54) is 0 Å². The first-order valence-electron chi connectivity index (χ1n) is 7.09. The van der Waals surface area contributed by atoms with E-state index in [9.17, 15) is 9.90 Å². The number of amides is 1. The molecule has 2 rings (SSSR count). The standard InChI is InChI=1S/C16H20N4O2/c1-10-7-11(2)19-16(18-10)20-14-6-4-5-13(8-14)15(22)17-9-12(3)21/h4-8,12,21H,9H2,1-3H3,(H,17,22)(H,18,19,20). The maximum atomic E-state index is 12.0. The van der Waals surface area contributed by atoms with Crippen molar-refractivity contribution < 1.29 is 9.90 Å². The van der Waals surface area contributed by atoms with Crippen LogP contribution in [0.3, 0.4) is 0 Å². The fraction of sp³-hybridized carbons (Fsp3) is 0.312. The molecule has 1 atom stereocenters. The summed E-state index contributed by atoms with van der Waals surface area (Å²) in [6.45, 7) is 5.64. The lowest BCUT2D eigenvalue weighted by atomic mass is 10.2. The smallest absolute Gasteiger partial charge is 0.251 e. The number of carbonyl (C=O) groups is 1. The topological polar surface area (TPSA) is 87.1 Å². The predicted octanol–water partition coefficient (Wildman–Crippen LogP) is 1.95. The number of hydrogen-bond donors (Lipinski definition) is 3. The van der Waals surface area contributed by atoms with E-state index in [0.717, 1.165) is 17.1 Å². The minimum atomic E-state index is -0.575. The molecule has 0 spiro atoms. The number of nitrogens with one attached hydrogen (secondary N) is 2. The molecule has 22 heavy (non-hydrogen) atoms. The van der Waals surface area contributed by atoms with Gasteiger partial charge in [-0.05, 0) is 45.0 Å². The Morgan fingerprint density at radius 2 is 1.91 bits per heavy atom. The molecule has 6 nitrogen and oxygen atoms in total. The molecule has 0 aliphatic carbocycles. The van der Waals surface area contributed by atoms with Crippen molar-refractivity contribution in [3.8, 4) is 0 Å². The third kappa shape index (κ3) is 4.53. The molecule has 0 fully saturated rings. The number of benzene rings is 1. The molecule has 2 aromatic rings. The highest BCUT2D eigenvalue weighted by Crippen LogP contribution is 2.15. The van der Waals surface area contributed by atoms with E-state index in [0.29, 0.717) is 11.5 Å². The van der Waals surface area contributed by atoms with E-state index >= 15 is 0 Å². The summed E-state index contributed by atoms with van der Waals surface area (Å²) in [7, 11) is 0. The monoisotopic (exact) mass is 300 g/mol. The Bertz CT molecular complexity index is 651. The normalized spacial score (nSPS) is 11.8. The summed E-state index contributed by atoms with van der Waals surface area (Å²) in [5.74, 6) is 0.268. The van der Waals surface area contributed by atoms with Crippen LogP contribution in [0, 0.1) is 13.8 Å². The van der Waals surface area contributed by atoms with Crippen molar-refractivity contribution in [2.24, 2.45) is 0 Å². The molecule has 0 bridgehead atoms. The lowest BCUT2D eigenvalue weighted by molar-refractivity contribution is 0.0924. The van der Waals surface area contributed by atoms with Gasteiger partial charge in [-0.1, -0.05) is 6.07 Å². The average molecular weight is 300 g/mol. The van der Waals surface area contributed by atoms with Gasteiger partial charge in [0, 0.05) is 29.2 Å². The molecule has 0 aliphatic heterocycles. The number of anilines is 2. The molecule has 1 heterocycles. The summed E-state index contributed by atoms with van der Waals surface area (Å²) in [5.41, 5.74) is 2.99. The summed E-state index contributed by atoms with van der Waals surface area (Å²) in [6, 6.07) is 8.95. The van der Waals surface area contributed by atoms with Crippen LogP contribution in [0.4, 0.5) is 11.6 Å². The molecular weight excluding hydrogens is 280 g/mol. The lowest BCUT2D eigenvalue weighted by Crippen LogP contribution is -2.30. The second-order valence-corrected chi connectivity index (χ2v) is 5.24. The molecule has 1 aromatic heterocycles. The van der Waals surface area contributed by atoms with Gasteiger partial charge in [-0.25, -0.2) is 9.97 Å². The fourth-order valence-electron chi connectivity index (χ4n) is 1.99. The van der Waals surface area contributed by atoms with Crippen LogP contribution in [0.5, 0.6) is 0 Å². The zero-order valence-electron chi connectivity index (χ0n) is 12.9. The molecule has 3 N–H and O–H groups in total. The van der Waals surface area contributed by atoms with E-state index < -0.39 is 6.10 Å². The van der Waals surface area contributed by atoms with Crippen LogP contribution in [-0.4, -0.2) is 33.6 Å². The van der Waals surface area contributed by atoms with Crippen molar-refractivity contribution in [3.63, 3.8) is 0 Å². The molecule has 0 saturated carbocycles. The largest absolute Gasteiger partial charge is 0.392 e. The molecule has 0 radical (unpaired) electrons. The molecule has 0 saturated heterocycles. The Morgan fingerprint density at radius 1 is 1.23 bits per heavy atom. The molecule has 116 valence electrons. The van der Waals surface area contributed by atoms with Crippen molar-refractivity contribution in [2.75, 3.05) is 11.9 Å². The van der Waals surface area contributed by atoms with Gasteiger partial charge in [-0.3, -0.25) is 4.79 Å². The maximum Gasteiger partial charge on any atom is 0.251 e. The van der Waals surface area contributed by atoms with Gasteiger partial charge >= 0.3 is 0 Å². The van der Waals surface area contributed by atoms with Crippen LogP contribution >= 0.6 is 0 Å². The summed E-state index contributed by atoms with van der Waals surface area (Å²) in [6.07, 6.45) is -0.575. The highest BCUT2D eigenvalue weighted by Gasteiger charge is 2.08. The molecule has 0 aliphatic rings. The molecule has 1 amide bonds. The van der Waals surface area contributed by atoms with Gasteiger partial charge in [0.05, 0.1) is 6.10 Å². The van der Waals surface area contributed by atoms with Crippen molar-refractivity contribution in [2.45, 2.75) is 26.9 Å². The Kier molecular flexibility index (Phi) is 5.06. The number of aromatic nitrogens is 2. The van der Waals surface area contributed by atoms with Crippen molar-refractivity contribution in [3.05, 3.63) is 47.3 Å². The third-order valence-corrected chi connectivity index (χ3v) is 2.92. The number of aryl methyl sites for hydroxylation is 2. The number of rotatable bonds is 5. The molecule has 1 aromatic carbocycles. The van der Waals surface area contributed by atoms with Gasteiger partial charge in [-0.2, -0.15) is 0 Å². The maximum absolute atomic E-state index is 12.0. The first kappa shape index (κ1) is 15.9. The second kappa shape index (κ2) is 7.00. The summed E-state index contributed by atoms with van der Waals surface area (Å²) < 4.78 is 0. The van der Waals surface area contributed by atoms with Crippen LogP contribution in [0.25, 0.3) is 0 Å². The number of hydrogen-bond acceptors (Lipinski definition) is 5. The summed E-state index contributed by atoms with van der Waals surface area (Å²) in [5, 5.41) is 15.0. The SMILES string of the molecule is Cc1cc(C)nc(Nc2cccc(C(=O)NCC(C)O)c2)n1. The third-order valence-electron chi connectivity index (χ3n) is 2.92. The van der Waals surface area contributed by atoms with Crippen LogP contribution in [0.2, 0.25) is 0 Å². The predicted molar refractivity (Wildman–Crippen MR) is 85.2 cm³/mol. The molecule has 6 heteroatoms. The highest BCUT2D eigenvalue weighted by molar-refractivity contribution is 5.95. The van der Waals surface area contributed by atoms with Crippen molar-refractivity contribution in [1.29, 1.82) is 0 Å². The number of aliphatic hydroxyl groups is 1. The zero-order valence-corrected chi connectivity index (χ0v) is 12.9. The summed E-state index contributed by atoms with van der Waals surface area (Å²) in [4.78, 5) is 20.6. The van der Waals surface area contributed by atoms with E-state index in [1.54, 1.807) is 25.1 Å². The van der Waals surface area contributed by atoms with Crippen LogP contribution in [-0.2, 0) is 0 Å². The summed E-state index contributed by atoms with van der Waals surface area (Å²) >= 11 is 0. The number of nitrogens with zero attached hydrogens (tertiary/aromatic N) is 2. The first-order valence-corrected chi connectivity index (χ1v) is 7.09. The van der Waals surface area contributed by atoms with Crippen LogP contribution in [0.1, 0.15) is 28.7 Å². The minimum Gasteiger partial charge on any atom is -0.392 e. The Labute approximate surface area is 129 Å². The van der Waals surface area contributed by atoms with E-state index in [-0.39, 0.29) is 12.5 Å². The first-order chi connectivity index (χ1) is 10.4. The number of aliphatic hydroxyl groups excluding tert-OH is 1. The van der Waals surface area contributed by atoms with E-state index in [1.807, 2.05) is 26.0 Å². The zero-order chi connectivity index (χ0) is 16.1. The van der Waals surface area contributed by atoms with Gasteiger partial charge in [0.15, 0.2) is 0 Å². The van der Waals surface area contributed by atoms with Crippen LogP contribution in [0.15, 0.2) is 30.3 Å². The van der Waals surface area contributed by atoms with Gasteiger partial charge in [-0.15, -0.1) is 0 Å². The number of carbonyl (C=O) groups excluding carboxylic acids is 1. The lowest BCUT2D eigenvalue weighted by Gasteiger charge is -2.10. The van der Waals surface area contributed by atoms with Crippen molar-refractivity contribution >= 4 is 17.5 Å². The Morgan fingerprint density at radius 3 is 2.55 bits per heavy atom. The van der Waals surface area contributed by atoms with E-state index in [2.05, 4.69) is 20.6 Å². The van der Waals surface area contributed by atoms with Crippen LogP contribution < -0.4 is 10.6 Å². The Hall–Kier alpha value is -2.47. The highest BCUT2D eigenvalue weighted by atomic mass is 16.3. The van der Waals surface area contributed by atoms with E-state index in [4.69, 9.17) is 0 Å². The quantitative estimate of drug-likeness (QED) is 0.785. The van der Waals surface area contributed by atoms with Gasteiger partial charge < -0.3 is 15.7 Å². The van der Waals surface area contributed by atoms with Crippen molar-refractivity contribution in [1.82, 2.24) is 15.3 Å². The second-order valence-electron chi connectivity index (χ2n) is 5.24. The Balaban J connectivity index is 2.12. The van der Waals surface area contributed by atoms with Gasteiger partial charge in [0.25, 0.3) is 5.91 Å². The fourth-order valence-corrected chi connectivity index (χ4v) is 1.99. The molecular formula is C16H20N4O2.